The van der Waals surface area contributed by atoms with Crippen LogP contribution in [-0.4, -0.2) is 31.9 Å². The van der Waals surface area contributed by atoms with Gasteiger partial charge in [0.2, 0.25) is 5.91 Å². The minimum atomic E-state index is 0.191. The second-order valence-electron chi connectivity index (χ2n) is 7.44. The van der Waals surface area contributed by atoms with E-state index in [4.69, 9.17) is 0 Å². The topological polar surface area (TPSA) is 50.5 Å². The summed E-state index contributed by atoms with van der Waals surface area (Å²) in [4.78, 5) is 18.8. The Hall–Kier alpha value is -2.17. The Labute approximate surface area is 143 Å². The van der Waals surface area contributed by atoms with Crippen LogP contribution >= 0.6 is 0 Å². The SMILES string of the molecule is CC(C)=CCC[C@]1(C)CCC(=O)N(Cc2cnn3cccnc23)C1. The van der Waals surface area contributed by atoms with Crippen LogP contribution in [0.4, 0.5) is 0 Å². The molecule has 1 aliphatic rings. The maximum absolute atomic E-state index is 12.4. The summed E-state index contributed by atoms with van der Waals surface area (Å²) in [6.45, 7) is 7.98. The quantitative estimate of drug-likeness (QED) is 0.789. The van der Waals surface area contributed by atoms with Crippen molar-refractivity contribution in [1.82, 2.24) is 19.5 Å². The average Bonchev–Trinajstić information content (AvgIpc) is 2.94. The highest BCUT2D eigenvalue weighted by molar-refractivity contribution is 5.77. The van der Waals surface area contributed by atoms with Crippen molar-refractivity contribution in [2.24, 2.45) is 5.41 Å². The fourth-order valence-electron chi connectivity index (χ4n) is 3.45. The largest absolute Gasteiger partial charge is 0.338 e. The van der Waals surface area contributed by atoms with Gasteiger partial charge in [-0.15, -0.1) is 0 Å². The van der Waals surface area contributed by atoms with Gasteiger partial charge < -0.3 is 4.90 Å². The van der Waals surface area contributed by atoms with Crippen LogP contribution in [0.1, 0.15) is 52.0 Å². The molecule has 1 aliphatic heterocycles. The predicted molar refractivity (Wildman–Crippen MR) is 94.4 cm³/mol. The van der Waals surface area contributed by atoms with E-state index in [1.165, 1.54) is 5.57 Å². The summed E-state index contributed by atoms with van der Waals surface area (Å²) >= 11 is 0. The zero-order chi connectivity index (χ0) is 17.2. The highest BCUT2D eigenvalue weighted by Crippen LogP contribution is 2.35. The molecule has 1 atom stereocenters. The van der Waals surface area contributed by atoms with E-state index < -0.39 is 0 Å². The first-order valence-electron chi connectivity index (χ1n) is 8.65. The lowest BCUT2D eigenvalue weighted by molar-refractivity contribution is -0.138. The predicted octanol–water partition coefficient (Wildman–Crippen LogP) is 3.60. The third kappa shape index (κ3) is 3.66. The molecule has 0 unspecified atom stereocenters. The number of carbonyl (C=O) groups is 1. The highest BCUT2D eigenvalue weighted by atomic mass is 16.2. The van der Waals surface area contributed by atoms with E-state index in [2.05, 4.69) is 36.9 Å². The molecule has 24 heavy (non-hydrogen) atoms. The van der Waals surface area contributed by atoms with Crippen molar-refractivity contribution in [3.8, 4) is 0 Å². The normalized spacial score (nSPS) is 21.3. The monoisotopic (exact) mass is 326 g/mol. The van der Waals surface area contributed by atoms with E-state index in [-0.39, 0.29) is 11.3 Å². The number of hydrogen-bond donors (Lipinski definition) is 0. The second kappa shape index (κ2) is 6.75. The Kier molecular flexibility index (Phi) is 4.69. The number of hydrogen-bond acceptors (Lipinski definition) is 3. The van der Waals surface area contributed by atoms with Gasteiger partial charge in [-0.05, 0) is 44.6 Å². The molecule has 0 radical (unpaired) electrons. The fourth-order valence-corrected chi connectivity index (χ4v) is 3.45. The number of amides is 1. The zero-order valence-corrected chi connectivity index (χ0v) is 14.8. The van der Waals surface area contributed by atoms with E-state index in [1.807, 2.05) is 23.4 Å². The van der Waals surface area contributed by atoms with E-state index >= 15 is 0 Å². The first kappa shape index (κ1) is 16.7. The molecule has 0 bridgehead atoms. The van der Waals surface area contributed by atoms with Gasteiger partial charge in [-0.25, -0.2) is 9.50 Å². The summed E-state index contributed by atoms with van der Waals surface area (Å²) in [6.07, 6.45) is 11.6. The molecule has 5 nitrogen and oxygen atoms in total. The maximum Gasteiger partial charge on any atom is 0.222 e. The second-order valence-corrected chi connectivity index (χ2v) is 7.44. The van der Waals surface area contributed by atoms with Crippen LogP contribution in [0.15, 0.2) is 36.3 Å². The van der Waals surface area contributed by atoms with Gasteiger partial charge >= 0.3 is 0 Å². The molecule has 0 aromatic carbocycles. The minimum Gasteiger partial charge on any atom is -0.338 e. The van der Waals surface area contributed by atoms with Gasteiger partial charge in [0, 0.05) is 30.9 Å². The number of carbonyl (C=O) groups excluding carboxylic acids is 1. The molecule has 3 heterocycles. The number of piperidine rings is 1. The van der Waals surface area contributed by atoms with E-state index in [0.717, 1.165) is 37.0 Å². The van der Waals surface area contributed by atoms with Crippen LogP contribution in [0.3, 0.4) is 0 Å². The minimum absolute atomic E-state index is 0.191. The molecule has 1 amide bonds. The number of nitrogens with zero attached hydrogens (tertiary/aromatic N) is 4. The van der Waals surface area contributed by atoms with Crippen molar-refractivity contribution in [3.05, 3.63) is 41.9 Å². The summed E-state index contributed by atoms with van der Waals surface area (Å²) in [5.74, 6) is 0.241. The average molecular weight is 326 g/mol. The first-order valence-corrected chi connectivity index (χ1v) is 8.65. The van der Waals surface area contributed by atoms with Gasteiger partial charge in [0.15, 0.2) is 5.65 Å². The molecule has 1 fully saturated rings. The van der Waals surface area contributed by atoms with Crippen molar-refractivity contribution in [2.45, 2.75) is 53.0 Å². The summed E-state index contributed by atoms with van der Waals surface area (Å²) < 4.78 is 1.76. The third-order valence-electron chi connectivity index (χ3n) is 4.88. The van der Waals surface area contributed by atoms with Crippen LogP contribution in [0, 0.1) is 5.41 Å². The number of rotatable bonds is 5. The zero-order valence-electron chi connectivity index (χ0n) is 14.8. The molecule has 2 aromatic heterocycles. The van der Waals surface area contributed by atoms with Crippen molar-refractivity contribution < 1.29 is 4.79 Å². The Morgan fingerprint density at radius 2 is 2.25 bits per heavy atom. The Bertz CT molecular complexity index is 760. The van der Waals surface area contributed by atoms with Gasteiger partial charge in [-0.3, -0.25) is 4.79 Å². The van der Waals surface area contributed by atoms with Crippen LogP contribution in [0.5, 0.6) is 0 Å². The Balaban J connectivity index is 1.72. The third-order valence-corrected chi connectivity index (χ3v) is 4.88. The lowest BCUT2D eigenvalue weighted by Crippen LogP contribution is -2.44. The molecular weight excluding hydrogens is 300 g/mol. The molecule has 0 N–H and O–H groups in total. The van der Waals surface area contributed by atoms with Gasteiger partial charge in [0.05, 0.1) is 12.7 Å². The van der Waals surface area contributed by atoms with Crippen LogP contribution < -0.4 is 0 Å². The summed E-state index contributed by atoms with van der Waals surface area (Å²) in [5.41, 5.74) is 3.40. The lowest BCUT2D eigenvalue weighted by Gasteiger charge is -2.40. The Morgan fingerprint density at radius 1 is 1.42 bits per heavy atom. The van der Waals surface area contributed by atoms with Crippen LogP contribution in [0.2, 0.25) is 0 Å². The van der Waals surface area contributed by atoms with E-state index in [1.54, 1.807) is 10.7 Å². The lowest BCUT2D eigenvalue weighted by atomic mass is 9.77. The summed E-state index contributed by atoms with van der Waals surface area (Å²) in [6, 6.07) is 1.86. The number of likely N-dealkylation sites (tertiary alicyclic amines) is 1. The molecule has 0 spiro atoms. The Morgan fingerprint density at radius 3 is 3.04 bits per heavy atom. The smallest absolute Gasteiger partial charge is 0.222 e. The molecule has 0 saturated carbocycles. The van der Waals surface area contributed by atoms with Crippen molar-refractivity contribution >= 4 is 11.6 Å². The maximum atomic E-state index is 12.4. The molecule has 5 heteroatoms. The van der Waals surface area contributed by atoms with Crippen molar-refractivity contribution in [2.75, 3.05) is 6.54 Å². The molecule has 128 valence electrons. The number of fused-ring (bicyclic) bond motifs is 1. The molecule has 0 aliphatic carbocycles. The van der Waals surface area contributed by atoms with Crippen LogP contribution in [-0.2, 0) is 11.3 Å². The van der Waals surface area contributed by atoms with Crippen LogP contribution in [0.25, 0.3) is 5.65 Å². The highest BCUT2D eigenvalue weighted by Gasteiger charge is 2.34. The summed E-state index contributed by atoms with van der Waals surface area (Å²) in [5, 5.41) is 4.32. The van der Waals surface area contributed by atoms with Gasteiger partial charge in [0.25, 0.3) is 0 Å². The van der Waals surface area contributed by atoms with Crippen molar-refractivity contribution in [3.63, 3.8) is 0 Å². The molecule has 2 aromatic rings. The standard InChI is InChI=1S/C19H26N4O/c1-15(2)6-4-8-19(3)9-7-17(24)22(14-19)13-16-12-21-23-11-5-10-20-18(16)23/h5-6,10-12H,4,7-9,13-14H2,1-3H3/t19-/m1/s1. The molecule has 3 rings (SSSR count). The number of allylic oxidation sites excluding steroid dienone is 2. The fraction of sp³-hybridized carbons (Fsp3) is 0.526. The van der Waals surface area contributed by atoms with E-state index in [9.17, 15) is 4.79 Å². The van der Waals surface area contributed by atoms with Gasteiger partial charge in [-0.2, -0.15) is 5.10 Å². The van der Waals surface area contributed by atoms with Gasteiger partial charge in [0.1, 0.15) is 0 Å². The van der Waals surface area contributed by atoms with Gasteiger partial charge in [-0.1, -0.05) is 18.6 Å². The molecular formula is C19H26N4O. The first-order chi connectivity index (χ1) is 11.5. The van der Waals surface area contributed by atoms with Crippen molar-refractivity contribution in [1.29, 1.82) is 0 Å². The number of aromatic nitrogens is 3. The van der Waals surface area contributed by atoms with E-state index in [0.29, 0.717) is 13.0 Å². The molecule has 1 saturated heterocycles. The summed E-state index contributed by atoms with van der Waals surface area (Å²) in [7, 11) is 0.